The molecule has 2 N–H and O–H groups in total. The molecule has 2 aromatic rings. The molecule has 1 aromatic heterocycles. The number of rotatable bonds is 6. The predicted octanol–water partition coefficient (Wildman–Crippen LogP) is 3.21. The minimum absolute atomic E-state index is 0.166. The molecule has 1 heterocycles. The van der Waals surface area contributed by atoms with E-state index in [2.05, 4.69) is 31.2 Å². The number of aliphatic hydroxyl groups excluding tert-OH is 1. The lowest BCUT2D eigenvalue weighted by molar-refractivity contribution is 0.170. The maximum absolute atomic E-state index is 10.3. The maximum atomic E-state index is 10.3. The Bertz CT molecular complexity index is 633. The summed E-state index contributed by atoms with van der Waals surface area (Å²) in [6.07, 6.45) is -0.496. The summed E-state index contributed by atoms with van der Waals surface area (Å²) in [6, 6.07) is 8.19. The normalized spacial score (nSPS) is 14.1. The number of aliphatic hydroxyl groups is 1. The molecule has 0 bridgehead atoms. The number of nitrogens with one attached hydrogen (secondary N) is 1. The van der Waals surface area contributed by atoms with Gasteiger partial charge in [0.05, 0.1) is 11.8 Å². The molecule has 0 saturated carbocycles. The Kier molecular flexibility index (Phi) is 5.37. The highest BCUT2D eigenvalue weighted by atomic mass is 16.3. The van der Waals surface area contributed by atoms with E-state index in [9.17, 15) is 5.11 Å². The van der Waals surface area contributed by atoms with Crippen molar-refractivity contribution in [1.82, 2.24) is 15.1 Å². The second-order valence-corrected chi connectivity index (χ2v) is 5.96. The standard InChI is InChI=1S/C18H27N3O/c1-6-21-15(5)18(14(4)20-21)13(3)19-11-17(22)16-9-7-8-12(2)10-16/h7-10,13,17,19,22H,6,11H2,1-5H3. The highest BCUT2D eigenvalue weighted by Gasteiger charge is 2.18. The fourth-order valence-corrected chi connectivity index (χ4v) is 3.03. The van der Waals surface area contributed by atoms with Gasteiger partial charge in [-0.1, -0.05) is 29.8 Å². The Morgan fingerprint density at radius 3 is 2.59 bits per heavy atom. The van der Waals surface area contributed by atoms with Gasteiger partial charge >= 0.3 is 0 Å². The fourth-order valence-electron chi connectivity index (χ4n) is 3.03. The second kappa shape index (κ2) is 7.07. The number of aryl methyl sites for hydroxylation is 3. The number of aromatic nitrogens is 2. The molecular weight excluding hydrogens is 274 g/mol. The number of hydrogen-bond acceptors (Lipinski definition) is 3. The Morgan fingerprint density at radius 2 is 2.00 bits per heavy atom. The summed E-state index contributed by atoms with van der Waals surface area (Å²) in [5.41, 5.74) is 5.62. The van der Waals surface area contributed by atoms with Gasteiger partial charge in [-0.15, -0.1) is 0 Å². The van der Waals surface area contributed by atoms with Crippen LogP contribution < -0.4 is 5.32 Å². The summed E-state index contributed by atoms with van der Waals surface area (Å²) in [7, 11) is 0. The molecular formula is C18H27N3O. The Hall–Kier alpha value is -1.65. The van der Waals surface area contributed by atoms with Gasteiger partial charge in [-0.2, -0.15) is 5.10 Å². The van der Waals surface area contributed by atoms with Crippen LogP contribution in [0.5, 0.6) is 0 Å². The summed E-state index contributed by atoms with van der Waals surface area (Å²) < 4.78 is 2.03. The van der Waals surface area contributed by atoms with Gasteiger partial charge in [-0.3, -0.25) is 4.68 Å². The van der Waals surface area contributed by atoms with Gasteiger partial charge in [-0.25, -0.2) is 0 Å². The third kappa shape index (κ3) is 3.57. The molecule has 0 fully saturated rings. The van der Waals surface area contributed by atoms with Crippen LogP contribution in [0.25, 0.3) is 0 Å². The zero-order chi connectivity index (χ0) is 16.3. The molecule has 1 aromatic carbocycles. The van der Waals surface area contributed by atoms with Gasteiger partial charge in [0.1, 0.15) is 0 Å². The van der Waals surface area contributed by atoms with Gasteiger partial charge in [0.15, 0.2) is 0 Å². The number of hydrogen-bond donors (Lipinski definition) is 2. The summed E-state index contributed by atoms with van der Waals surface area (Å²) in [4.78, 5) is 0. The van der Waals surface area contributed by atoms with Crippen LogP contribution in [0.1, 0.15) is 54.1 Å². The van der Waals surface area contributed by atoms with Crippen LogP contribution in [-0.2, 0) is 6.54 Å². The van der Waals surface area contributed by atoms with Crippen molar-refractivity contribution >= 4 is 0 Å². The topological polar surface area (TPSA) is 50.1 Å². The molecule has 0 radical (unpaired) electrons. The van der Waals surface area contributed by atoms with Crippen molar-refractivity contribution in [3.05, 3.63) is 52.3 Å². The summed E-state index contributed by atoms with van der Waals surface area (Å²) >= 11 is 0. The lowest BCUT2D eigenvalue weighted by Crippen LogP contribution is -2.25. The van der Waals surface area contributed by atoms with Crippen molar-refractivity contribution in [2.75, 3.05) is 6.54 Å². The zero-order valence-corrected chi connectivity index (χ0v) is 14.2. The molecule has 0 saturated heterocycles. The minimum atomic E-state index is -0.496. The van der Waals surface area contributed by atoms with Crippen LogP contribution in [-0.4, -0.2) is 21.4 Å². The predicted molar refractivity (Wildman–Crippen MR) is 89.9 cm³/mol. The van der Waals surface area contributed by atoms with E-state index in [4.69, 9.17) is 0 Å². The first-order valence-electron chi connectivity index (χ1n) is 7.96. The van der Waals surface area contributed by atoms with Crippen LogP contribution in [0, 0.1) is 20.8 Å². The van der Waals surface area contributed by atoms with Crippen LogP contribution in [0.4, 0.5) is 0 Å². The van der Waals surface area contributed by atoms with E-state index in [1.807, 2.05) is 42.8 Å². The van der Waals surface area contributed by atoms with E-state index in [1.54, 1.807) is 0 Å². The molecule has 2 rings (SSSR count). The third-order valence-corrected chi connectivity index (χ3v) is 4.21. The quantitative estimate of drug-likeness (QED) is 0.861. The molecule has 0 aliphatic heterocycles. The van der Waals surface area contributed by atoms with E-state index in [1.165, 1.54) is 16.8 Å². The molecule has 2 atom stereocenters. The van der Waals surface area contributed by atoms with Gasteiger partial charge in [0.2, 0.25) is 0 Å². The molecule has 4 heteroatoms. The van der Waals surface area contributed by atoms with Crippen molar-refractivity contribution in [2.24, 2.45) is 0 Å². The molecule has 4 nitrogen and oxygen atoms in total. The van der Waals surface area contributed by atoms with Crippen LogP contribution in [0.2, 0.25) is 0 Å². The lowest BCUT2D eigenvalue weighted by Gasteiger charge is -2.18. The molecule has 0 aliphatic rings. The molecule has 0 aliphatic carbocycles. The first kappa shape index (κ1) is 16.7. The molecule has 120 valence electrons. The lowest BCUT2D eigenvalue weighted by atomic mass is 10.0. The minimum Gasteiger partial charge on any atom is -0.387 e. The third-order valence-electron chi connectivity index (χ3n) is 4.21. The van der Waals surface area contributed by atoms with Gasteiger partial charge in [0.25, 0.3) is 0 Å². The summed E-state index contributed by atoms with van der Waals surface area (Å²) in [5.74, 6) is 0. The number of benzene rings is 1. The van der Waals surface area contributed by atoms with Gasteiger partial charge in [-0.05, 0) is 40.2 Å². The van der Waals surface area contributed by atoms with Crippen LogP contribution in [0.15, 0.2) is 24.3 Å². The maximum Gasteiger partial charge on any atom is 0.0914 e. The number of nitrogens with zero attached hydrogens (tertiary/aromatic N) is 2. The second-order valence-electron chi connectivity index (χ2n) is 5.96. The van der Waals surface area contributed by atoms with E-state index in [0.717, 1.165) is 17.8 Å². The smallest absolute Gasteiger partial charge is 0.0914 e. The van der Waals surface area contributed by atoms with Crippen LogP contribution in [0.3, 0.4) is 0 Å². The zero-order valence-electron chi connectivity index (χ0n) is 14.2. The summed E-state index contributed by atoms with van der Waals surface area (Å²) in [6.45, 7) is 11.8. The van der Waals surface area contributed by atoms with Crippen LogP contribution >= 0.6 is 0 Å². The first-order chi connectivity index (χ1) is 10.4. The molecule has 0 amide bonds. The average Bonchev–Trinajstić information content (AvgIpc) is 2.78. The molecule has 2 unspecified atom stereocenters. The highest BCUT2D eigenvalue weighted by molar-refractivity contribution is 5.28. The van der Waals surface area contributed by atoms with E-state index in [-0.39, 0.29) is 6.04 Å². The fraction of sp³-hybridized carbons (Fsp3) is 0.500. The summed E-state index contributed by atoms with van der Waals surface area (Å²) in [5, 5.41) is 18.3. The van der Waals surface area contributed by atoms with E-state index >= 15 is 0 Å². The SMILES string of the molecule is CCn1nc(C)c(C(C)NCC(O)c2cccc(C)c2)c1C. The average molecular weight is 301 g/mol. The van der Waals surface area contributed by atoms with Crippen molar-refractivity contribution in [1.29, 1.82) is 0 Å². The van der Waals surface area contributed by atoms with E-state index < -0.39 is 6.10 Å². The molecule has 22 heavy (non-hydrogen) atoms. The van der Waals surface area contributed by atoms with Crippen molar-refractivity contribution in [3.63, 3.8) is 0 Å². The van der Waals surface area contributed by atoms with Crippen molar-refractivity contribution in [2.45, 2.75) is 53.3 Å². The Labute approximate surface area is 133 Å². The highest BCUT2D eigenvalue weighted by Crippen LogP contribution is 2.22. The Morgan fingerprint density at radius 1 is 1.27 bits per heavy atom. The largest absolute Gasteiger partial charge is 0.387 e. The Balaban J connectivity index is 2.04. The first-order valence-corrected chi connectivity index (χ1v) is 7.96. The van der Waals surface area contributed by atoms with E-state index in [0.29, 0.717) is 6.54 Å². The molecule has 0 spiro atoms. The van der Waals surface area contributed by atoms with Crippen molar-refractivity contribution < 1.29 is 5.11 Å². The van der Waals surface area contributed by atoms with Gasteiger partial charge < -0.3 is 10.4 Å². The van der Waals surface area contributed by atoms with Gasteiger partial charge in [0, 0.05) is 30.4 Å². The van der Waals surface area contributed by atoms with Crippen molar-refractivity contribution in [3.8, 4) is 0 Å². The monoisotopic (exact) mass is 301 g/mol.